The normalized spacial score (nSPS) is 16.2. The molecule has 4 rings (SSSR count). The van der Waals surface area contributed by atoms with Crippen molar-refractivity contribution in [3.63, 3.8) is 0 Å². The Kier molecular flexibility index (Phi) is 6.39. The van der Waals surface area contributed by atoms with Gasteiger partial charge in [0.15, 0.2) is 6.29 Å². The monoisotopic (exact) mass is 453 g/mol. The number of benzene rings is 2. The lowest BCUT2D eigenvalue weighted by Crippen LogP contribution is -2.44. The molecule has 5 nitrogen and oxygen atoms in total. The third-order valence-electron chi connectivity index (χ3n) is 5.67. The fourth-order valence-corrected chi connectivity index (χ4v) is 5.23. The van der Waals surface area contributed by atoms with Gasteiger partial charge >= 0.3 is 0 Å². The van der Waals surface area contributed by atoms with Crippen LogP contribution in [0.15, 0.2) is 48.5 Å². The number of amides is 1. The number of hydrogen-bond acceptors (Lipinski definition) is 5. The number of hydrogen-bond donors (Lipinski definition) is 0. The van der Waals surface area contributed by atoms with E-state index >= 15 is 0 Å². The van der Waals surface area contributed by atoms with Crippen molar-refractivity contribution in [2.45, 2.75) is 19.8 Å². The Balaban J connectivity index is 1.53. The second-order valence-electron chi connectivity index (χ2n) is 7.78. The van der Waals surface area contributed by atoms with Gasteiger partial charge in [0.1, 0.15) is 10.0 Å². The first-order valence-corrected chi connectivity index (χ1v) is 11.5. The van der Waals surface area contributed by atoms with Crippen molar-refractivity contribution in [3.8, 4) is 10.6 Å². The van der Waals surface area contributed by atoms with E-state index in [9.17, 15) is 9.59 Å². The zero-order valence-corrected chi connectivity index (χ0v) is 19.1. The molecule has 1 aliphatic heterocycles. The van der Waals surface area contributed by atoms with Gasteiger partial charge in [-0.05, 0) is 44.0 Å². The van der Waals surface area contributed by atoms with Crippen LogP contribution in [-0.4, -0.2) is 37.3 Å². The summed E-state index contributed by atoms with van der Waals surface area (Å²) in [5.41, 5.74) is 3.38. The molecule has 1 saturated heterocycles. The van der Waals surface area contributed by atoms with Crippen LogP contribution in [0.3, 0.4) is 0 Å². The van der Waals surface area contributed by atoms with Crippen molar-refractivity contribution in [1.29, 1.82) is 0 Å². The Morgan fingerprint density at radius 2 is 1.97 bits per heavy atom. The number of aldehydes is 1. The standard InChI is InChI=1S/C24H24ClN3O2S/c1-16-24(31-22(26-16)17-9-11-20(25)12-10-17)27(2)23(30)18-7-5-13-28(14-18)21-8-4-3-6-19(21)15-29/h3-4,6,8-12,15,18H,5,7,13-14H2,1-2H3. The molecule has 0 radical (unpaired) electrons. The molecule has 160 valence electrons. The summed E-state index contributed by atoms with van der Waals surface area (Å²) < 4.78 is 0. The van der Waals surface area contributed by atoms with Crippen molar-refractivity contribution in [1.82, 2.24) is 4.98 Å². The van der Waals surface area contributed by atoms with Crippen LogP contribution >= 0.6 is 22.9 Å². The number of nitrogens with zero attached hydrogens (tertiary/aromatic N) is 3. The van der Waals surface area contributed by atoms with E-state index in [1.807, 2.05) is 62.5 Å². The molecule has 2 heterocycles. The second-order valence-corrected chi connectivity index (χ2v) is 9.19. The quantitative estimate of drug-likeness (QED) is 0.481. The predicted molar refractivity (Wildman–Crippen MR) is 127 cm³/mol. The third-order valence-corrected chi connectivity index (χ3v) is 7.21. The molecule has 1 amide bonds. The summed E-state index contributed by atoms with van der Waals surface area (Å²) in [6.07, 6.45) is 2.63. The highest BCUT2D eigenvalue weighted by atomic mass is 35.5. The van der Waals surface area contributed by atoms with Crippen LogP contribution in [0, 0.1) is 12.8 Å². The third kappa shape index (κ3) is 4.50. The number of piperidine rings is 1. The predicted octanol–water partition coefficient (Wildman–Crippen LogP) is 5.46. The molecular weight excluding hydrogens is 430 g/mol. The van der Waals surface area contributed by atoms with Crippen molar-refractivity contribution < 1.29 is 9.59 Å². The number of rotatable bonds is 5. The van der Waals surface area contributed by atoms with Gasteiger partial charge in [-0.2, -0.15) is 0 Å². The molecule has 1 unspecified atom stereocenters. The maximum atomic E-state index is 13.4. The molecule has 0 saturated carbocycles. The average molecular weight is 454 g/mol. The van der Waals surface area contributed by atoms with Crippen LogP contribution in [0.4, 0.5) is 10.7 Å². The lowest BCUT2D eigenvalue weighted by Gasteiger charge is -2.35. The van der Waals surface area contributed by atoms with Crippen molar-refractivity contribution in [3.05, 3.63) is 64.8 Å². The summed E-state index contributed by atoms with van der Waals surface area (Å²) in [6, 6.07) is 15.1. The lowest BCUT2D eigenvalue weighted by molar-refractivity contribution is -0.122. The van der Waals surface area contributed by atoms with Gasteiger partial charge in [-0.25, -0.2) is 4.98 Å². The number of thiazole rings is 1. The molecule has 31 heavy (non-hydrogen) atoms. The van der Waals surface area contributed by atoms with Crippen molar-refractivity contribution in [2.75, 3.05) is 29.9 Å². The Hall–Kier alpha value is -2.70. The first-order chi connectivity index (χ1) is 15.0. The van der Waals surface area contributed by atoms with E-state index in [0.717, 1.165) is 52.6 Å². The highest BCUT2D eigenvalue weighted by molar-refractivity contribution is 7.19. The molecular formula is C24H24ClN3O2S. The van der Waals surface area contributed by atoms with Crippen LogP contribution < -0.4 is 9.80 Å². The van der Waals surface area contributed by atoms with Crippen LogP contribution in [0.5, 0.6) is 0 Å². The van der Waals surface area contributed by atoms with Gasteiger partial charge in [0, 0.05) is 42.0 Å². The minimum absolute atomic E-state index is 0.0858. The molecule has 0 spiro atoms. The number of aryl methyl sites for hydroxylation is 1. The van der Waals surface area contributed by atoms with Gasteiger partial charge in [0.25, 0.3) is 0 Å². The zero-order chi connectivity index (χ0) is 22.0. The summed E-state index contributed by atoms with van der Waals surface area (Å²) in [6.45, 7) is 3.39. The SMILES string of the molecule is Cc1nc(-c2ccc(Cl)cc2)sc1N(C)C(=O)C1CCCN(c2ccccc2C=O)C1. The van der Waals surface area contributed by atoms with E-state index in [1.54, 1.807) is 4.90 Å². The first kappa shape index (κ1) is 21.5. The highest BCUT2D eigenvalue weighted by Gasteiger charge is 2.30. The maximum Gasteiger partial charge on any atom is 0.232 e. The minimum atomic E-state index is -0.126. The summed E-state index contributed by atoms with van der Waals surface area (Å²) in [4.78, 5) is 33.4. The molecule has 3 aromatic rings. The average Bonchev–Trinajstić information content (AvgIpc) is 3.20. The topological polar surface area (TPSA) is 53.5 Å². The fourth-order valence-electron chi connectivity index (χ4n) is 4.06. The van der Waals surface area contributed by atoms with Gasteiger partial charge in [0.05, 0.1) is 11.6 Å². The molecule has 0 N–H and O–H groups in total. The van der Waals surface area contributed by atoms with E-state index in [4.69, 9.17) is 11.6 Å². The number of anilines is 2. The maximum absolute atomic E-state index is 13.4. The van der Waals surface area contributed by atoms with Crippen LogP contribution in [0.2, 0.25) is 5.02 Å². The molecule has 1 aromatic heterocycles. The zero-order valence-electron chi connectivity index (χ0n) is 17.5. The van der Waals surface area contributed by atoms with Gasteiger partial charge < -0.3 is 9.80 Å². The molecule has 2 aromatic carbocycles. The van der Waals surface area contributed by atoms with Gasteiger partial charge in [-0.15, -0.1) is 0 Å². The minimum Gasteiger partial charge on any atom is -0.370 e. The fraction of sp³-hybridized carbons (Fsp3) is 0.292. The summed E-state index contributed by atoms with van der Waals surface area (Å²) in [7, 11) is 1.83. The Morgan fingerprint density at radius 1 is 1.23 bits per heavy atom. The Bertz CT molecular complexity index is 1100. The van der Waals surface area contributed by atoms with E-state index < -0.39 is 0 Å². The van der Waals surface area contributed by atoms with E-state index in [1.165, 1.54) is 11.3 Å². The lowest BCUT2D eigenvalue weighted by atomic mass is 9.95. The molecule has 1 aliphatic rings. The first-order valence-electron chi connectivity index (χ1n) is 10.3. The molecule has 1 atom stereocenters. The largest absolute Gasteiger partial charge is 0.370 e. The number of halogens is 1. The number of carbonyl (C=O) groups excluding carboxylic acids is 2. The van der Waals surface area contributed by atoms with Crippen LogP contribution in [-0.2, 0) is 4.79 Å². The van der Waals surface area contributed by atoms with Crippen molar-refractivity contribution >= 4 is 45.8 Å². The summed E-state index contributed by atoms with van der Waals surface area (Å²) >= 11 is 7.51. The van der Waals surface area contributed by atoms with Crippen LogP contribution in [0.25, 0.3) is 10.6 Å². The summed E-state index contributed by atoms with van der Waals surface area (Å²) in [5.74, 6) is -0.0402. The summed E-state index contributed by atoms with van der Waals surface area (Å²) in [5, 5.41) is 2.41. The number of para-hydroxylation sites is 1. The number of aromatic nitrogens is 1. The second kappa shape index (κ2) is 9.20. The highest BCUT2D eigenvalue weighted by Crippen LogP contribution is 2.36. The van der Waals surface area contributed by atoms with Crippen LogP contribution in [0.1, 0.15) is 28.9 Å². The smallest absolute Gasteiger partial charge is 0.232 e. The molecule has 0 bridgehead atoms. The van der Waals surface area contributed by atoms with Gasteiger partial charge in [0.2, 0.25) is 5.91 Å². The van der Waals surface area contributed by atoms with Gasteiger partial charge in [-0.1, -0.05) is 47.2 Å². The molecule has 1 fully saturated rings. The molecule has 0 aliphatic carbocycles. The molecule has 7 heteroatoms. The van der Waals surface area contributed by atoms with E-state index in [2.05, 4.69) is 9.88 Å². The number of carbonyl (C=O) groups is 2. The Labute approximate surface area is 191 Å². The Morgan fingerprint density at radius 3 is 2.71 bits per heavy atom. The van der Waals surface area contributed by atoms with Crippen molar-refractivity contribution in [2.24, 2.45) is 5.92 Å². The van der Waals surface area contributed by atoms with E-state index in [-0.39, 0.29) is 11.8 Å². The van der Waals surface area contributed by atoms with Gasteiger partial charge in [-0.3, -0.25) is 9.59 Å². The van der Waals surface area contributed by atoms with E-state index in [0.29, 0.717) is 17.1 Å².